The standard InChI is InChI=1S/C30H32FNO3/c1-30-14-13-21-20-7-4-8-26(31)22(20)9-10-23(21)28(30)24(25(17-33)29(30)35)11-12-27(34)32-15-18-5-2-3-6-19(18)16-32/h2-8,17,21,23-24,28,33H,9-16H2,1H3/b25-17-/t21?,23?,24-,28?,30+/m1/s1. The minimum atomic E-state index is -0.530. The number of carbonyl (C=O) groups is 2. The predicted molar refractivity (Wildman–Crippen MR) is 131 cm³/mol. The number of hydrogen-bond acceptors (Lipinski definition) is 3. The molecule has 1 N–H and O–H groups in total. The Morgan fingerprint density at radius 2 is 1.89 bits per heavy atom. The molecule has 2 aromatic rings. The van der Waals surface area contributed by atoms with E-state index in [1.54, 1.807) is 12.1 Å². The Kier molecular flexibility index (Phi) is 5.35. The summed E-state index contributed by atoms with van der Waals surface area (Å²) in [7, 11) is 0. The van der Waals surface area contributed by atoms with Crippen LogP contribution in [0.3, 0.4) is 0 Å². The summed E-state index contributed by atoms with van der Waals surface area (Å²) < 4.78 is 14.5. The van der Waals surface area contributed by atoms with E-state index in [1.807, 2.05) is 17.0 Å². The summed E-state index contributed by atoms with van der Waals surface area (Å²) in [5.41, 5.74) is 4.28. The third-order valence-corrected chi connectivity index (χ3v) is 9.59. The summed E-state index contributed by atoms with van der Waals surface area (Å²) in [5, 5.41) is 10.1. The molecule has 0 radical (unpaired) electrons. The molecule has 1 aliphatic heterocycles. The maximum absolute atomic E-state index is 14.5. The second-order valence-corrected chi connectivity index (χ2v) is 11.2. The monoisotopic (exact) mass is 473 g/mol. The first-order valence-electron chi connectivity index (χ1n) is 12.9. The van der Waals surface area contributed by atoms with Gasteiger partial charge in [-0.25, -0.2) is 4.39 Å². The Labute approximate surface area is 205 Å². The molecular weight excluding hydrogens is 441 g/mol. The second-order valence-electron chi connectivity index (χ2n) is 11.2. The number of aliphatic hydroxyl groups is 1. The van der Waals surface area contributed by atoms with Gasteiger partial charge in [0.2, 0.25) is 5.91 Å². The van der Waals surface area contributed by atoms with Crippen molar-refractivity contribution in [3.05, 3.63) is 82.4 Å². The van der Waals surface area contributed by atoms with E-state index in [1.165, 1.54) is 11.1 Å². The van der Waals surface area contributed by atoms with Crippen molar-refractivity contribution in [1.82, 2.24) is 4.90 Å². The van der Waals surface area contributed by atoms with Crippen LogP contribution in [-0.4, -0.2) is 21.7 Å². The molecular formula is C30H32FNO3. The highest BCUT2D eigenvalue weighted by Crippen LogP contribution is 2.63. The van der Waals surface area contributed by atoms with Gasteiger partial charge < -0.3 is 10.0 Å². The molecule has 5 heteroatoms. The van der Waals surface area contributed by atoms with Crippen LogP contribution in [0.15, 0.2) is 54.3 Å². The molecule has 4 aliphatic rings. The number of nitrogens with zero attached hydrogens (tertiary/aromatic N) is 1. The number of hydrogen-bond donors (Lipinski definition) is 1. The molecule has 4 nitrogen and oxygen atoms in total. The number of amides is 1. The maximum atomic E-state index is 14.5. The van der Waals surface area contributed by atoms with Gasteiger partial charge in [-0.3, -0.25) is 9.59 Å². The number of allylic oxidation sites excluding steroid dienone is 1. The summed E-state index contributed by atoms with van der Waals surface area (Å²) in [5.74, 6) is 0.413. The average Bonchev–Trinajstić information content (AvgIpc) is 3.39. The van der Waals surface area contributed by atoms with Gasteiger partial charge in [0.05, 0.1) is 6.26 Å². The molecule has 0 bridgehead atoms. The van der Waals surface area contributed by atoms with Gasteiger partial charge >= 0.3 is 0 Å². The molecule has 5 atom stereocenters. The normalized spacial score (nSPS) is 32.2. The third kappa shape index (κ3) is 3.38. The van der Waals surface area contributed by atoms with E-state index in [4.69, 9.17) is 0 Å². The number of rotatable bonds is 3. The molecule has 0 aromatic heterocycles. The fourth-order valence-electron chi connectivity index (χ4n) is 7.96. The molecule has 1 amide bonds. The number of fused-ring (bicyclic) bond motifs is 6. The van der Waals surface area contributed by atoms with Crippen LogP contribution in [0.2, 0.25) is 0 Å². The zero-order valence-electron chi connectivity index (χ0n) is 20.2. The predicted octanol–water partition coefficient (Wildman–Crippen LogP) is 5.85. The summed E-state index contributed by atoms with van der Waals surface area (Å²) in [6.07, 6.45) is 5.05. The maximum Gasteiger partial charge on any atom is 0.223 e. The van der Waals surface area contributed by atoms with Gasteiger partial charge in [-0.15, -0.1) is 0 Å². The van der Waals surface area contributed by atoms with Crippen molar-refractivity contribution in [3.63, 3.8) is 0 Å². The van der Waals surface area contributed by atoms with E-state index in [0.29, 0.717) is 37.9 Å². The molecule has 1 heterocycles. The molecule has 0 spiro atoms. The SMILES string of the molecule is C[C@]12CCC3c4cccc(F)c4CCC3C1[C@H](CCC(=O)N1Cc3ccccc3C1)/C(=C/O)C2=O. The fourth-order valence-corrected chi connectivity index (χ4v) is 7.96. The van der Waals surface area contributed by atoms with Gasteiger partial charge in [0.25, 0.3) is 0 Å². The van der Waals surface area contributed by atoms with Crippen molar-refractivity contribution in [2.45, 2.75) is 64.5 Å². The Hall–Kier alpha value is -2.95. The number of Topliss-reactive ketones (excluding diaryl/α,β-unsaturated/α-hetero) is 1. The first-order valence-corrected chi connectivity index (χ1v) is 12.9. The summed E-state index contributed by atoms with van der Waals surface area (Å²) in [6, 6.07) is 13.6. The molecule has 2 saturated carbocycles. The molecule has 182 valence electrons. The van der Waals surface area contributed by atoms with Crippen LogP contribution in [-0.2, 0) is 29.1 Å². The number of aliphatic hydroxyl groups excluding tert-OH is 1. The van der Waals surface area contributed by atoms with E-state index in [0.717, 1.165) is 36.7 Å². The fraction of sp³-hybridized carbons (Fsp3) is 0.467. The van der Waals surface area contributed by atoms with E-state index in [2.05, 4.69) is 25.1 Å². The zero-order chi connectivity index (χ0) is 24.3. The van der Waals surface area contributed by atoms with Crippen molar-refractivity contribution in [3.8, 4) is 0 Å². The van der Waals surface area contributed by atoms with E-state index in [-0.39, 0.29) is 41.2 Å². The lowest BCUT2D eigenvalue weighted by molar-refractivity contribution is -0.132. The quantitative estimate of drug-likeness (QED) is 0.449. The van der Waals surface area contributed by atoms with Crippen LogP contribution in [0, 0.1) is 29.0 Å². The second kappa shape index (κ2) is 8.32. The van der Waals surface area contributed by atoms with Gasteiger partial charge in [0, 0.05) is 30.5 Å². The topological polar surface area (TPSA) is 57.6 Å². The highest BCUT2D eigenvalue weighted by molar-refractivity contribution is 6.03. The molecule has 6 rings (SSSR count). The number of ketones is 1. The van der Waals surface area contributed by atoms with Crippen LogP contribution in [0.5, 0.6) is 0 Å². The first kappa shape index (κ1) is 22.5. The Morgan fingerprint density at radius 3 is 2.60 bits per heavy atom. The lowest BCUT2D eigenvalue weighted by Gasteiger charge is -2.49. The van der Waals surface area contributed by atoms with Gasteiger partial charge in [-0.2, -0.15) is 0 Å². The summed E-state index contributed by atoms with van der Waals surface area (Å²) >= 11 is 0. The van der Waals surface area contributed by atoms with Crippen molar-refractivity contribution in [2.24, 2.45) is 23.2 Å². The summed E-state index contributed by atoms with van der Waals surface area (Å²) in [6.45, 7) is 3.32. The minimum absolute atomic E-state index is 0.0412. The minimum Gasteiger partial charge on any atom is -0.515 e. The van der Waals surface area contributed by atoms with Crippen molar-refractivity contribution >= 4 is 11.7 Å². The first-order chi connectivity index (χ1) is 16.9. The molecule has 3 aliphatic carbocycles. The van der Waals surface area contributed by atoms with Gasteiger partial charge in [0.15, 0.2) is 5.78 Å². The number of halogens is 1. The van der Waals surface area contributed by atoms with E-state index >= 15 is 0 Å². The van der Waals surface area contributed by atoms with Crippen LogP contribution in [0.25, 0.3) is 0 Å². The lowest BCUT2D eigenvalue weighted by Crippen LogP contribution is -2.44. The van der Waals surface area contributed by atoms with Crippen LogP contribution in [0.1, 0.15) is 67.2 Å². The van der Waals surface area contributed by atoms with Crippen LogP contribution < -0.4 is 0 Å². The number of carbonyl (C=O) groups excluding carboxylic acids is 2. The molecule has 2 aromatic carbocycles. The van der Waals surface area contributed by atoms with Crippen molar-refractivity contribution in [1.29, 1.82) is 0 Å². The van der Waals surface area contributed by atoms with Gasteiger partial charge in [-0.1, -0.05) is 43.3 Å². The van der Waals surface area contributed by atoms with E-state index < -0.39 is 5.41 Å². The highest BCUT2D eigenvalue weighted by atomic mass is 19.1. The third-order valence-electron chi connectivity index (χ3n) is 9.59. The van der Waals surface area contributed by atoms with Gasteiger partial charge in [0.1, 0.15) is 5.82 Å². The van der Waals surface area contributed by atoms with Crippen molar-refractivity contribution < 1.29 is 19.1 Å². The largest absolute Gasteiger partial charge is 0.515 e. The zero-order valence-corrected chi connectivity index (χ0v) is 20.2. The molecule has 0 saturated heterocycles. The van der Waals surface area contributed by atoms with E-state index in [9.17, 15) is 19.1 Å². The molecule has 35 heavy (non-hydrogen) atoms. The van der Waals surface area contributed by atoms with Gasteiger partial charge in [-0.05, 0) is 84.1 Å². The lowest BCUT2D eigenvalue weighted by atomic mass is 9.54. The average molecular weight is 474 g/mol. The molecule has 2 fully saturated rings. The Morgan fingerprint density at radius 1 is 1.14 bits per heavy atom. The smallest absolute Gasteiger partial charge is 0.223 e. The van der Waals surface area contributed by atoms with Crippen LogP contribution >= 0.6 is 0 Å². The van der Waals surface area contributed by atoms with Crippen molar-refractivity contribution in [2.75, 3.05) is 0 Å². The molecule has 3 unspecified atom stereocenters. The highest BCUT2D eigenvalue weighted by Gasteiger charge is 2.60. The summed E-state index contributed by atoms with van der Waals surface area (Å²) in [4.78, 5) is 28.6. The Balaban J connectivity index is 1.26. The number of benzene rings is 2. The Bertz CT molecular complexity index is 1210. The van der Waals surface area contributed by atoms with Crippen LogP contribution in [0.4, 0.5) is 4.39 Å².